The molecule has 1 saturated carbocycles. The minimum absolute atomic E-state index is 0.0320. The molecule has 0 radical (unpaired) electrons. The van der Waals surface area contributed by atoms with Crippen LogP contribution in [-0.4, -0.2) is 73.0 Å². The zero-order valence-corrected chi connectivity index (χ0v) is 26.3. The smallest absolute Gasteiger partial charge is 0.328 e. The van der Waals surface area contributed by atoms with Gasteiger partial charge in [-0.25, -0.2) is 9.59 Å². The van der Waals surface area contributed by atoms with Crippen molar-refractivity contribution in [3.05, 3.63) is 64.7 Å². The van der Waals surface area contributed by atoms with Crippen molar-refractivity contribution in [2.75, 3.05) is 27.3 Å². The lowest BCUT2D eigenvalue weighted by molar-refractivity contribution is -0.146. The van der Waals surface area contributed by atoms with E-state index < -0.39 is 30.0 Å². The summed E-state index contributed by atoms with van der Waals surface area (Å²) in [5, 5.41) is 6.26. The number of esters is 1. The number of hydrogen-bond donors (Lipinski definition) is 2. The van der Waals surface area contributed by atoms with Crippen molar-refractivity contribution in [1.29, 1.82) is 0 Å². The molecule has 238 valence electrons. The molecule has 0 bridgehead atoms. The van der Waals surface area contributed by atoms with Crippen LogP contribution in [0.5, 0.6) is 5.75 Å². The minimum atomic E-state index is -1.04. The molecule has 2 aromatic carbocycles. The summed E-state index contributed by atoms with van der Waals surface area (Å²) in [4.78, 5) is 56.0. The van der Waals surface area contributed by atoms with Crippen molar-refractivity contribution < 1.29 is 28.7 Å². The van der Waals surface area contributed by atoms with Crippen LogP contribution in [-0.2, 0) is 32.2 Å². The highest BCUT2D eigenvalue weighted by Crippen LogP contribution is 2.28. The Labute approximate surface area is 264 Å². The fourth-order valence-corrected chi connectivity index (χ4v) is 6.07. The first-order chi connectivity index (χ1) is 21.2. The van der Waals surface area contributed by atoms with Gasteiger partial charge in [0.25, 0.3) is 0 Å². The highest BCUT2D eigenvalue weighted by atomic mass is 35.5. The molecule has 44 heavy (non-hydrogen) atoms. The van der Waals surface area contributed by atoms with Gasteiger partial charge in [0.1, 0.15) is 24.4 Å². The number of nitrogens with zero attached hydrogens (tertiary/aromatic N) is 2. The number of carbonyl (C=O) groups excluding carboxylic acids is 4. The summed E-state index contributed by atoms with van der Waals surface area (Å²) >= 11 is 6.11. The van der Waals surface area contributed by atoms with Gasteiger partial charge in [0.2, 0.25) is 11.8 Å². The Morgan fingerprint density at radius 2 is 1.82 bits per heavy atom. The van der Waals surface area contributed by atoms with Crippen LogP contribution in [0.1, 0.15) is 62.5 Å². The van der Waals surface area contributed by atoms with Gasteiger partial charge in [-0.05, 0) is 42.5 Å². The number of benzene rings is 2. The maximum atomic E-state index is 13.7. The predicted molar refractivity (Wildman–Crippen MR) is 167 cm³/mol. The van der Waals surface area contributed by atoms with Crippen LogP contribution in [0.3, 0.4) is 0 Å². The van der Waals surface area contributed by atoms with Crippen molar-refractivity contribution in [3.8, 4) is 5.75 Å². The third kappa shape index (κ3) is 9.61. The first kappa shape index (κ1) is 33.1. The number of carbonyl (C=O) groups is 4. The maximum Gasteiger partial charge on any atom is 0.328 e. The highest BCUT2D eigenvalue weighted by molar-refractivity contribution is 6.30. The molecular weight excluding hydrogens is 584 g/mol. The Hall–Kier alpha value is -3.79. The molecule has 10 nitrogen and oxygen atoms in total. The summed E-state index contributed by atoms with van der Waals surface area (Å²) in [7, 11) is 2.90. The summed E-state index contributed by atoms with van der Waals surface area (Å²) in [6.07, 6.45) is 5.85. The lowest BCUT2D eigenvalue weighted by Gasteiger charge is -2.29. The zero-order chi connectivity index (χ0) is 31.5. The van der Waals surface area contributed by atoms with Gasteiger partial charge < -0.3 is 29.9 Å². The number of rotatable bonds is 11. The standard InChI is InChI=1S/C33H43ClN4O6/c1-37(21-24-11-8-13-26(34)19-24)33(42)36-28(20-23-9-4-3-5-10-23)31(40)35-27(32(41)43-2)15-16-30(39)38-17-18-44-29-14-7-6-12-25(29)22-38/h6-8,11-14,19,23,27-28H,3-5,9-10,15-18,20-22H2,1-2H3,(H,35,40)(H,36,42)/t27-,28-/m0/s1. The molecule has 1 aliphatic carbocycles. The molecule has 0 aromatic heterocycles. The van der Waals surface area contributed by atoms with Crippen LogP contribution in [0.2, 0.25) is 5.02 Å². The number of methoxy groups -OCH3 is 1. The Balaban J connectivity index is 1.40. The van der Waals surface area contributed by atoms with Crippen LogP contribution in [0, 0.1) is 5.92 Å². The molecule has 2 aromatic rings. The van der Waals surface area contributed by atoms with Gasteiger partial charge in [-0.3, -0.25) is 9.59 Å². The molecular formula is C33H43ClN4O6. The van der Waals surface area contributed by atoms with E-state index in [0.29, 0.717) is 37.7 Å². The van der Waals surface area contributed by atoms with Gasteiger partial charge in [0.15, 0.2) is 0 Å². The van der Waals surface area contributed by atoms with Gasteiger partial charge in [0.05, 0.1) is 13.7 Å². The Morgan fingerprint density at radius 1 is 1.05 bits per heavy atom. The van der Waals surface area contributed by atoms with E-state index in [-0.39, 0.29) is 24.7 Å². The number of halogens is 1. The van der Waals surface area contributed by atoms with Crippen molar-refractivity contribution in [3.63, 3.8) is 0 Å². The van der Waals surface area contributed by atoms with E-state index in [1.165, 1.54) is 12.0 Å². The average molecular weight is 627 g/mol. The van der Waals surface area contributed by atoms with Crippen LogP contribution >= 0.6 is 11.6 Å². The van der Waals surface area contributed by atoms with Crippen molar-refractivity contribution >= 4 is 35.4 Å². The van der Waals surface area contributed by atoms with Crippen LogP contribution in [0.15, 0.2) is 48.5 Å². The zero-order valence-electron chi connectivity index (χ0n) is 25.6. The molecule has 2 aliphatic rings. The number of ether oxygens (including phenoxy) is 2. The second kappa shape index (κ2) is 16.3. The van der Waals surface area contributed by atoms with Crippen molar-refractivity contribution in [2.24, 2.45) is 5.92 Å². The monoisotopic (exact) mass is 626 g/mol. The number of urea groups is 1. The second-order valence-corrected chi connectivity index (χ2v) is 12.1. The summed E-state index contributed by atoms with van der Waals surface area (Å²) in [5.41, 5.74) is 1.77. The summed E-state index contributed by atoms with van der Waals surface area (Å²) in [6, 6.07) is 12.5. The second-order valence-electron chi connectivity index (χ2n) is 11.6. The van der Waals surface area contributed by atoms with E-state index in [4.69, 9.17) is 21.1 Å². The van der Waals surface area contributed by atoms with Crippen LogP contribution in [0.4, 0.5) is 4.79 Å². The van der Waals surface area contributed by atoms with Gasteiger partial charge in [-0.1, -0.05) is 74.0 Å². The van der Waals surface area contributed by atoms with E-state index in [1.807, 2.05) is 36.4 Å². The molecule has 0 saturated heterocycles. The number of para-hydroxylation sites is 1. The predicted octanol–water partition coefficient (Wildman–Crippen LogP) is 4.68. The molecule has 1 fully saturated rings. The van der Waals surface area contributed by atoms with Crippen LogP contribution < -0.4 is 15.4 Å². The number of nitrogens with one attached hydrogen (secondary N) is 2. The molecule has 0 spiro atoms. The van der Waals surface area contributed by atoms with Crippen molar-refractivity contribution in [1.82, 2.24) is 20.4 Å². The lowest BCUT2D eigenvalue weighted by Crippen LogP contribution is -2.54. The Bertz CT molecular complexity index is 1300. The third-order valence-electron chi connectivity index (χ3n) is 8.32. The summed E-state index contributed by atoms with van der Waals surface area (Å²) < 4.78 is 10.7. The van der Waals surface area contributed by atoms with Crippen molar-refractivity contribution in [2.45, 2.75) is 76.5 Å². The minimum Gasteiger partial charge on any atom is -0.491 e. The van der Waals surface area contributed by atoms with E-state index in [2.05, 4.69) is 10.6 Å². The number of hydrogen-bond acceptors (Lipinski definition) is 6. The fourth-order valence-electron chi connectivity index (χ4n) is 5.86. The van der Waals surface area contributed by atoms with Gasteiger partial charge in [0, 0.05) is 37.1 Å². The first-order valence-electron chi connectivity index (χ1n) is 15.4. The van der Waals surface area contributed by atoms with E-state index in [9.17, 15) is 19.2 Å². The molecule has 4 amide bonds. The molecule has 11 heteroatoms. The Kier molecular flexibility index (Phi) is 12.3. The number of fused-ring (bicyclic) bond motifs is 1. The molecule has 0 unspecified atom stereocenters. The molecule has 1 heterocycles. The average Bonchev–Trinajstić information content (AvgIpc) is 3.25. The Morgan fingerprint density at radius 3 is 2.57 bits per heavy atom. The normalized spacial score (nSPS) is 16.4. The quantitative estimate of drug-likeness (QED) is 0.350. The van der Waals surface area contributed by atoms with Gasteiger partial charge in [-0.2, -0.15) is 0 Å². The summed E-state index contributed by atoms with van der Waals surface area (Å²) in [6.45, 7) is 1.50. The lowest BCUT2D eigenvalue weighted by atomic mass is 9.84. The first-order valence-corrected chi connectivity index (χ1v) is 15.7. The highest BCUT2D eigenvalue weighted by Gasteiger charge is 2.31. The fraction of sp³-hybridized carbons (Fsp3) is 0.515. The largest absolute Gasteiger partial charge is 0.491 e. The molecule has 2 N–H and O–H groups in total. The topological polar surface area (TPSA) is 117 Å². The maximum absolute atomic E-state index is 13.7. The van der Waals surface area contributed by atoms with Crippen LogP contribution in [0.25, 0.3) is 0 Å². The SMILES string of the molecule is COC(=O)[C@H](CCC(=O)N1CCOc2ccccc2C1)NC(=O)[C@H](CC1CCCCC1)NC(=O)N(C)Cc1cccc(Cl)c1. The summed E-state index contributed by atoms with van der Waals surface area (Å²) in [5.74, 6) is -0.226. The molecule has 2 atom stereocenters. The van der Waals surface area contributed by atoms with E-state index in [0.717, 1.165) is 49.0 Å². The third-order valence-corrected chi connectivity index (χ3v) is 8.55. The van der Waals surface area contributed by atoms with Gasteiger partial charge >= 0.3 is 12.0 Å². The van der Waals surface area contributed by atoms with E-state index in [1.54, 1.807) is 24.1 Å². The molecule has 4 rings (SSSR count). The number of amides is 4. The molecule has 1 aliphatic heterocycles. The van der Waals surface area contributed by atoms with Gasteiger partial charge in [-0.15, -0.1) is 0 Å². The van der Waals surface area contributed by atoms with E-state index >= 15 is 0 Å².